The van der Waals surface area contributed by atoms with Crippen molar-refractivity contribution >= 4 is 28.2 Å². The van der Waals surface area contributed by atoms with Gasteiger partial charge < -0.3 is 11.1 Å². The molecule has 1 fully saturated rings. The number of thiazole rings is 1. The van der Waals surface area contributed by atoms with Gasteiger partial charge in [0, 0.05) is 38.5 Å². The number of hydrogen-bond acceptors (Lipinski definition) is 6. The molecular formula is C10H18N4S2. The van der Waals surface area contributed by atoms with E-state index >= 15 is 0 Å². The number of aromatic nitrogens is 1. The van der Waals surface area contributed by atoms with Crippen LogP contribution in [0.2, 0.25) is 0 Å². The van der Waals surface area contributed by atoms with Crippen molar-refractivity contribution in [2.75, 3.05) is 44.2 Å². The Morgan fingerprint density at radius 2 is 2.25 bits per heavy atom. The third-order valence-corrected chi connectivity index (χ3v) is 4.95. The summed E-state index contributed by atoms with van der Waals surface area (Å²) in [5.74, 6) is 1.13. The van der Waals surface area contributed by atoms with Crippen LogP contribution in [0.5, 0.6) is 0 Å². The molecule has 1 aromatic heterocycles. The third-order valence-electron chi connectivity index (χ3n) is 2.62. The maximum atomic E-state index is 5.67. The predicted octanol–water partition coefficient (Wildman–Crippen LogP) is 1.03. The van der Waals surface area contributed by atoms with Gasteiger partial charge in [0.15, 0.2) is 5.13 Å². The lowest BCUT2D eigenvalue weighted by molar-refractivity contribution is 0.255. The Morgan fingerprint density at radius 1 is 1.50 bits per heavy atom. The van der Waals surface area contributed by atoms with Crippen molar-refractivity contribution < 1.29 is 0 Å². The minimum atomic E-state index is 0.683. The maximum Gasteiger partial charge on any atom is 0.181 e. The van der Waals surface area contributed by atoms with E-state index in [0.717, 1.165) is 31.1 Å². The number of nitrogens with zero attached hydrogens (tertiary/aromatic N) is 2. The zero-order valence-electron chi connectivity index (χ0n) is 9.53. The largest absolute Gasteiger partial charge is 0.375 e. The van der Waals surface area contributed by atoms with E-state index in [1.807, 2.05) is 18.7 Å². The summed E-state index contributed by atoms with van der Waals surface area (Å²) < 4.78 is 1.27. The number of rotatable bonds is 4. The van der Waals surface area contributed by atoms with Crippen LogP contribution in [0.4, 0.5) is 5.13 Å². The lowest BCUT2D eigenvalue weighted by atomic mass is 10.4. The molecular weight excluding hydrogens is 240 g/mol. The first-order valence-corrected chi connectivity index (χ1v) is 7.34. The van der Waals surface area contributed by atoms with Crippen LogP contribution in [0.25, 0.3) is 0 Å². The van der Waals surface area contributed by atoms with Gasteiger partial charge in [-0.2, -0.15) is 0 Å². The Morgan fingerprint density at radius 3 is 2.88 bits per heavy atom. The van der Waals surface area contributed by atoms with Gasteiger partial charge in [0.2, 0.25) is 0 Å². The maximum absolute atomic E-state index is 5.67. The molecule has 0 radical (unpaired) electrons. The SMILES string of the molecule is Cc1nc(N)sc1SCCN1CCNCC1. The van der Waals surface area contributed by atoms with Crippen LogP contribution in [0, 0.1) is 6.92 Å². The van der Waals surface area contributed by atoms with Crippen LogP contribution < -0.4 is 11.1 Å². The van der Waals surface area contributed by atoms with Crippen LogP contribution in [-0.4, -0.2) is 48.4 Å². The number of nitrogens with two attached hydrogens (primary N) is 1. The van der Waals surface area contributed by atoms with Crippen LogP contribution in [-0.2, 0) is 0 Å². The summed E-state index contributed by atoms with van der Waals surface area (Å²) in [4.78, 5) is 6.73. The number of piperazine rings is 1. The monoisotopic (exact) mass is 258 g/mol. The number of nitrogens with one attached hydrogen (secondary N) is 1. The topological polar surface area (TPSA) is 54.2 Å². The zero-order chi connectivity index (χ0) is 11.4. The number of nitrogen functional groups attached to an aromatic ring is 1. The van der Waals surface area contributed by atoms with Crippen molar-refractivity contribution in [1.82, 2.24) is 15.2 Å². The Kier molecular flexibility index (Phi) is 4.45. The summed E-state index contributed by atoms with van der Waals surface area (Å²) in [6.07, 6.45) is 0. The van der Waals surface area contributed by atoms with E-state index in [1.165, 1.54) is 17.3 Å². The van der Waals surface area contributed by atoms with Crippen molar-refractivity contribution in [3.05, 3.63) is 5.69 Å². The second-order valence-electron chi connectivity index (χ2n) is 3.87. The first-order chi connectivity index (χ1) is 7.75. The summed E-state index contributed by atoms with van der Waals surface area (Å²) in [5, 5.41) is 4.04. The van der Waals surface area contributed by atoms with E-state index in [4.69, 9.17) is 5.73 Å². The zero-order valence-corrected chi connectivity index (χ0v) is 11.2. The summed E-state index contributed by atoms with van der Waals surface area (Å²) in [7, 11) is 0. The molecule has 0 bridgehead atoms. The standard InChI is InChI=1S/C10H18N4S2/c1-8-9(16-10(11)13-8)15-7-6-14-4-2-12-3-5-14/h12H,2-7H2,1H3,(H2,11,13). The second kappa shape index (κ2) is 5.86. The van der Waals surface area contributed by atoms with Crippen molar-refractivity contribution in [3.63, 3.8) is 0 Å². The summed E-state index contributed by atoms with van der Waals surface area (Å²) in [5.41, 5.74) is 6.75. The first kappa shape index (κ1) is 12.2. The molecule has 1 aliphatic heterocycles. The van der Waals surface area contributed by atoms with E-state index < -0.39 is 0 Å². The molecule has 0 spiro atoms. The van der Waals surface area contributed by atoms with E-state index in [1.54, 1.807) is 11.3 Å². The molecule has 0 aliphatic carbocycles. The van der Waals surface area contributed by atoms with Crippen molar-refractivity contribution in [2.45, 2.75) is 11.1 Å². The molecule has 2 heterocycles. The molecule has 16 heavy (non-hydrogen) atoms. The Labute approximate surface area is 105 Å². The van der Waals surface area contributed by atoms with Gasteiger partial charge in [0.25, 0.3) is 0 Å². The van der Waals surface area contributed by atoms with E-state index in [2.05, 4.69) is 15.2 Å². The number of thioether (sulfide) groups is 1. The van der Waals surface area contributed by atoms with Gasteiger partial charge in [0.1, 0.15) is 0 Å². The van der Waals surface area contributed by atoms with Crippen molar-refractivity contribution in [1.29, 1.82) is 0 Å². The summed E-state index contributed by atoms with van der Waals surface area (Å²) in [6.45, 7) is 7.77. The molecule has 0 saturated carbocycles. The highest BCUT2D eigenvalue weighted by Crippen LogP contribution is 2.30. The normalized spacial score (nSPS) is 17.8. The van der Waals surface area contributed by atoms with Gasteiger partial charge in [0.05, 0.1) is 9.90 Å². The lowest BCUT2D eigenvalue weighted by Gasteiger charge is -2.26. The number of aryl methyl sites for hydroxylation is 1. The highest BCUT2D eigenvalue weighted by atomic mass is 32.2. The average molecular weight is 258 g/mol. The number of hydrogen-bond donors (Lipinski definition) is 2. The Balaban J connectivity index is 1.73. The van der Waals surface area contributed by atoms with E-state index in [-0.39, 0.29) is 0 Å². The Hall–Kier alpha value is -0.300. The van der Waals surface area contributed by atoms with Crippen LogP contribution in [0.1, 0.15) is 5.69 Å². The fourth-order valence-electron chi connectivity index (χ4n) is 1.74. The number of anilines is 1. The quantitative estimate of drug-likeness (QED) is 0.790. The molecule has 6 heteroatoms. The van der Waals surface area contributed by atoms with E-state index in [9.17, 15) is 0 Å². The summed E-state index contributed by atoms with van der Waals surface area (Å²) in [6, 6.07) is 0. The molecule has 0 aromatic carbocycles. The van der Waals surface area contributed by atoms with Crippen molar-refractivity contribution in [3.8, 4) is 0 Å². The van der Waals surface area contributed by atoms with Gasteiger partial charge in [-0.3, -0.25) is 4.90 Å². The fourth-order valence-corrected chi connectivity index (χ4v) is 3.84. The molecule has 4 nitrogen and oxygen atoms in total. The van der Waals surface area contributed by atoms with E-state index in [0.29, 0.717) is 5.13 Å². The molecule has 0 atom stereocenters. The minimum absolute atomic E-state index is 0.683. The first-order valence-electron chi connectivity index (χ1n) is 5.54. The lowest BCUT2D eigenvalue weighted by Crippen LogP contribution is -2.44. The second-order valence-corrected chi connectivity index (χ2v) is 6.26. The van der Waals surface area contributed by atoms with Gasteiger partial charge in [-0.1, -0.05) is 11.3 Å². The van der Waals surface area contributed by atoms with Gasteiger partial charge >= 0.3 is 0 Å². The molecule has 0 amide bonds. The molecule has 1 saturated heterocycles. The molecule has 2 rings (SSSR count). The molecule has 3 N–H and O–H groups in total. The molecule has 0 unspecified atom stereocenters. The Bertz CT molecular complexity index is 334. The molecule has 1 aromatic rings. The highest BCUT2D eigenvalue weighted by Gasteiger charge is 2.10. The van der Waals surface area contributed by atoms with Crippen LogP contribution in [0.3, 0.4) is 0 Å². The molecule has 90 valence electrons. The van der Waals surface area contributed by atoms with Crippen molar-refractivity contribution in [2.24, 2.45) is 0 Å². The average Bonchev–Trinajstić information content (AvgIpc) is 2.59. The fraction of sp³-hybridized carbons (Fsp3) is 0.700. The minimum Gasteiger partial charge on any atom is -0.375 e. The third kappa shape index (κ3) is 3.35. The molecule has 1 aliphatic rings. The predicted molar refractivity (Wildman–Crippen MR) is 71.3 cm³/mol. The van der Waals surface area contributed by atoms with Crippen LogP contribution in [0.15, 0.2) is 4.21 Å². The summed E-state index contributed by atoms with van der Waals surface area (Å²) >= 11 is 3.48. The highest BCUT2D eigenvalue weighted by molar-refractivity contribution is 8.01. The van der Waals surface area contributed by atoms with Gasteiger partial charge in [-0.15, -0.1) is 11.8 Å². The smallest absolute Gasteiger partial charge is 0.181 e. The van der Waals surface area contributed by atoms with Gasteiger partial charge in [-0.05, 0) is 6.92 Å². The van der Waals surface area contributed by atoms with Gasteiger partial charge in [-0.25, -0.2) is 4.98 Å². The van der Waals surface area contributed by atoms with Crippen LogP contribution >= 0.6 is 23.1 Å².